The Morgan fingerprint density at radius 3 is 2.64 bits per heavy atom. The third-order valence-corrected chi connectivity index (χ3v) is 6.17. The summed E-state index contributed by atoms with van der Waals surface area (Å²) in [5.41, 5.74) is 1.32. The van der Waals surface area contributed by atoms with Gasteiger partial charge in [0.05, 0.1) is 20.8 Å². The highest BCUT2D eigenvalue weighted by molar-refractivity contribution is 7.18. The summed E-state index contributed by atoms with van der Waals surface area (Å²) in [4.78, 5) is 56.2. The van der Waals surface area contributed by atoms with Crippen LogP contribution in [0.15, 0.2) is 35.1 Å². The maximum absolute atomic E-state index is 12.5. The molecule has 1 amide bonds. The zero-order valence-electron chi connectivity index (χ0n) is 18.1. The van der Waals surface area contributed by atoms with Gasteiger partial charge >= 0.3 is 11.9 Å². The quantitative estimate of drug-likeness (QED) is 0.351. The highest BCUT2D eigenvalue weighted by Crippen LogP contribution is 2.28. The van der Waals surface area contributed by atoms with Crippen LogP contribution in [0.4, 0.5) is 5.00 Å². The molecule has 1 aromatic carbocycles. The van der Waals surface area contributed by atoms with E-state index in [9.17, 15) is 24.3 Å². The number of hydrogen-bond acceptors (Lipinski definition) is 7. The Morgan fingerprint density at radius 1 is 1.21 bits per heavy atom. The molecule has 0 radical (unpaired) electrons. The number of fused-ring (bicyclic) bond motifs is 1. The Bertz CT molecular complexity index is 1250. The van der Waals surface area contributed by atoms with Crippen molar-refractivity contribution in [3.8, 4) is 0 Å². The molecule has 174 valence electrons. The first kappa shape index (κ1) is 23.9. The summed E-state index contributed by atoms with van der Waals surface area (Å²) >= 11 is 1.20. The SMILES string of the molecule is CCN(Cc1ccc2nc(C)[nH]c(=O)c2c1)c1ccc(C(=O)N[C@H](CCC(=O)O)C(=O)O)s1. The molecule has 0 aliphatic heterocycles. The van der Waals surface area contributed by atoms with E-state index in [-0.39, 0.29) is 18.4 Å². The van der Waals surface area contributed by atoms with E-state index < -0.39 is 23.9 Å². The van der Waals surface area contributed by atoms with Crippen LogP contribution in [0, 0.1) is 6.92 Å². The molecule has 1 atom stereocenters. The van der Waals surface area contributed by atoms with Gasteiger partial charge in [-0.05, 0) is 50.1 Å². The second-order valence-electron chi connectivity index (χ2n) is 7.45. The number of hydrogen-bond donors (Lipinski definition) is 4. The third-order valence-electron chi connectivity index (χ3n) is 5.02. The van der Waals surface area contributed by atoms with Gasteiger partial charge in [0, 0.05) is 19.5 Å². The number of aromatic nitrogens is 2. The molecule has 0 spiro atoms. The second kappa shape index (κ2) is 10.3. The van der Waals surface area contributed by atoms with Gasteiger partial charge in [-0.1, -0.05) is 6.07 Å². The van der Waals surface area contributed by atoms with E-state index in [0.717, 1.165) is 10.6 Å². The van der Waals surface area contributed by atoms with E-state index in [4.69, 9.17) is 5.11 Å². The summed E-state index contributed by atoms with van der Waals surface area (Å²) in [5.74, 6) is -2.44. The van der Waals surface area contributed by atoms with Crippen LogP contribution in [0.1, 0.15) is 40.8 Å². The fourth-order valence-corrected chi connectivity index (χ4v) is 4.31. The molecule has 0 unspecified atom stereocenters. The molecule has 0 bridgehead atoms. The first-order valence-corrected chi connectivity index (χ1v) is 11.1. The van der Waals surface area contributed by atoms with Crippen molar-refractivity contribution in [3.63, 3.8) is 0 Å². The maximum atomic E-state index is 12.5. The molecule has 2 heterocycles. The molecule has 2 aromatic heterocycles. The largest absolute Gasteiger partial charge is 0.481 e. The van der Waals surface area contributed by atoms with Gasteiger partial charge in [0.15, 0.2) is 0 Å². The first-order chi connectivity index (χ1) is 15.7. The fraction of sp³-hybridized carbons (Fsp3) is 0.318. The van der Waals surface area contributed by atoms with E-state index in [0.29, 0.717) is 34.7 Å². The standard InChI is InChI=1S/C22H24N4O6S/c1-3-26(11-13-4-5-15-14(10-13)20(29)24-12(2)23-15)18-8-7-17(33-18)21(30)25-16(22(31)32)6-9-19(27)28/h4-5,7-8,10,16H,3,6,9,11H2,1-2H3,(H,25,30)(H,27,28)(H,31,32)(H,23,24,29)/t16-/m1/s1. The van der Waals surface area contributed by atoms with Gasteiger partial charge in [-0.2, -0.15) is 0 Å². The topological polar surface area (TPSA) is 153 Å². The number of aliphatic carboxylic acids is 2. The molecule has 4 N–H and O–H groups in total. The molecule has 0 fully saturated rings. The molecule has 33 heavy (non-hydrogen) atoms. The van der Waals surface area contributed by atoms with Crippen LogP contribution in [0.5, 0.6) is 0 Å². The minimum absolute atomic E-state index is 0.201. The summed E-state index contributed by atoms with van der Waals surface area (Å²) in [7, 11) is 0. The average molecular weight is 473 g/mol. The number of aryl methyl sites for hydroxylation is 1. The Hall–Kier alpha value is -3.73. The maximum Gasteiger partial charge on any atom is 0.326 e. The minimum Gasteiger partial charge on any atom is -0.481 e. The lowest BCUT2D eigenvalue weighted by Crippen LogP contribution is -2.40. The summed E-state index contributed by atoms with van der Waals surface area (Å²) in [6.45, 7) is 4.82. The lowest BCUT2D eigenvalue weighted by molar-refractivity contribution is -0.140. The fourth-order valence-electron chi connectivity index (χ4n) is 3.34. The lowest BCUT2D eigenvalue weighted by atomic mass is 10.1. The van der Waals surface area contributed by atoms with Gasteiger partial charge < -0.3 is 25.4 Å². The number of carboxylic acid groups (broad SMARTS) is 2. The van der Waals surface area contributed by atoms with Crippen LogP contribution < -0.4 is 15.8 Å². The van der Waals surface area contributed by atoms with Crippen molar-refractivity contribution in [2.24, 2.45) is 0 Å². The number of carbonyl (C=O) groups excluding carboxylic acids is 1. The van der Waals surface area contributed by atoms with Gasteiger partial charge in [-0.25, -0.2) is 9.78 Å². The highest BCUT2D eigenvalue weighted by Gasteiger charge is 2.23. The number of carboxylic acids is 2. The summed E-state index contributed by atoms with van der Waals surface area (Å²) in [5, 5.41) is 21.7. The van der Waals surface area contributed by atoms with Crippen molar-refractivity contribution in [2.75, 3.05) is 11.4 Å². The van der Waals surface area contributed by atoms with Crippen molar-refractivity contribution >= 4 is 45.1 Å². The van der Waals surface area contributed by atoms with Crippen LogP contribution in [0.2, 0.25) is 0 Å². The molecule has 3 rings (SSSR count). The van der Waals surface area contributed by atoms with Crippen LogP contribution in [0.25, 0.3) is 10.9 Å². The van der Waals surface area contributed by atoms with Crippen LogP contribution >= 0.6 is 11.3 Å². The Morgan fingerprint density at radius 2 is 1.97 bits per heavy atom. The number of aromatic amines is 1. The second-order valence-corrected chi connectivity index (χ2v) is 8.51. The minimum atomic E-state index is -1.28. The third kappa shape index (κ3) is 5.95. The molecular formula is C22H24N4O6S. The Labute approximate surface area is 192 Å². The van der Waals surface area contributed by atoms with Crippen molar-refractivity contribution in [1.29, 1.82) is 0 Å². The van der Waals surface area contributed by atoms with E-state index in [1.54, 1.807) is 31.2 Å². The predicted octanol–water partition coefficient (Wildman–Crippen LogP) is 2.37. The Balaban J connectivity index is 1.74. The van der Waals surface area contributed by atoms with E-state index in [1.165, 1.54) is 11.3 Å². The number of nitrogens with zero attached hydrogens (tertiary/aromatic N) is 2. The van der Waals surface area contributed by atoms with Crippen LogP contribution in [0.3, 0.4) is 0 Å². The number of anilines is 1. The summed E-state index contributed by atoms with van der Waals surface area (Å²) < 4.78 is 0. The molecule has 0 aliphatic rings. The number of rotatable bonds is 10. The molecule has 0 saturated carbocycles. The lowest BCUT2D eigenvalue weighted by Gasteiger charge is -2.21. The number of amides is 1. The van der Waals surface area contributed by atoms with E-state index >= 15 is 0 Å². The number of carbonyl (C=O) groups is 3. The van der Waals surface area contributed by atoms with Gasteiger partial charge in [0.25, 0.3) is 11.5 Å². The number of nitrogens with one attached hydrogen (secondary N) is 2. The molecule has 0 aliphatic carbocycles. The number of benzene rings is 1. The molecule has 11 heteroatoms. The normalized spacial score (nSPS) is 11.8. The monoisotopic (exact) mass is 472 g/mol. The van der Waals surface area contributed by atoms with Crippen LogP contribution in [-0.2, 0) is 16.1 Å². The number of H-pyrrole nitrogens is 1. The Kier molecular flexibility index (Phi) is 7.44. The van der Waals surface area contributed by atoms with Gasteiger partial charge in [0.1, 0.15) is 11.9 Å². The number of thiophene rings is 1. The van der Waals surface area contributed by atoms with Crippen molar-refractivity contribution in [3.05, 3.63) is 57.0 Å². The zero-order chi connectivity index (χ0) is 24.1. The van der Waals surface area contributed by atoms with Crippen molar-refractivity contribution in [1.82, 2.24) is 15.3 Å². The molecule has 10 nitrogen and oxygen atoms in total. The smallest absolute Gasteiger partial charge is 0.326 e. The average Bonchev–Trinajstić information content (AvgIpc) is 3.25. The van der Waals surface area contributed by atoms with Gasteiger partial charge in [-0.3, -0.25) is 14.4 Å². The molecule has 0 saturated heterocycles. The zero-order valence-corrected chi connectivity index (χ0v) is 18.9. The van der Waals surface area contributed by atoms with Crippen molar-refractivity contribution < 1.29 is 24.6 Å². The highest BCUT2D eigenvalue weighted by atomic mass is 32.1. The van der Waals surface area contributed by atoms with E-state index in [2.05, 4.69) is 15.3 Å². The van der Waals surface area contributed by atoms with Gasteiger partial charge in [-0.15, -0.1) is 11.3 Å². The first-order valence-electron chi connectivity index (χ1n) is 10.3. The van der Waals surface area contributed by atoms with E-state index in [1.807, 2.05) is 17.9 Å². The molecule has 3 aromatic rings. The van der Waals surface area contributed by atoms with Crippen molar-refractivity contribution in [2.45, 2.75) is 39.3 Å². The van der Waals surface area contributed by atoms with Gasteiger partial charge in [0.2, 0.25) is 0 Å². The predicted molar refractivity (Wildman–Crippen MR) is 124 cm³/mol. The molecular weight excluding hydrogens is 448 g/mol. The summed E-state index contributed by atoms with van der Waals surface area (Å²) in [6, 6.07) is 7.59. The van der Waals surface area contributed by atoms with Crippen LogP contribution in [-0.4, -0.2) is 50.6 Å². The summed E-state index contributed by atoms with van der Waals surface area (Å²) in [6.07, 6.45) is -0.564.